The second-order valence-electron chi connectivity index (χ2n) is 9.01. The first kappa shape index (κ1) is 33.9. The molecule has 40 heavy (non-hydrogen) atoms. The number of H-pyrrole nitrogens is 1. The summed E-state index contributed by atoms with van der Waals surface area (Å²) in [5, 5.41) is 9.62. The molecule has 0 unspecified atom stereocenters. The Balaban J connectivity index is 0.000000279. The standard InChI is InChI=1S/C11H13NO2.C11H13N.C7H8.C5H10O2/c1-2-9-3-5-10(6-4-9)7-8-11(13)12-14;1-2-5-9-8-12-11-7-4-3-6-10(9)11;1-7-5-3-2-4-6-7;1-3-4-7-5(2)6/h3-8,14H,2H2,1H3,(H,12,13);3-4,6-8,12H,2,5H2,1H3;2-6H,1H3;3-4H2,1-2H3/b8-7+;;;. The number of ether oxygens (including phenoxy) is 1. The van der Waals surface area contributed by atoms with Crippen LogP contribution in [0.15, 0.2) is 91.1 Å². The van der Waals surface area contributed by atoms with Gasteiger partial charge in [-0.15, -0.1) is 0 Å². The van der Waals surface area contributed by atoms with Crippen LogP contribution in [-0.2, 0) is 27.2 Å². The highest BCUT2D eigenvalue weighted by molar-refractivity contribution is 5.90. The van der Waals surface area contributed by atoms with Crippen LogP contribution >= 0.6 is 0 Å². The predicted molar refractivity (Wildman–Crippen MR) is 165 cm³/mol. The lowest BCUT2D eigenvalue weighted by Gasteiger charge is -1.96. The van der Waals surface area contributed by atoms with Crippen LogP contribution in [-0.4, -0.2) is 28.7 Å². The number of fused-ring (bicyclic) bond motifs is 1. The summed E-state index contributed by atoms with van der Waals surface area (Å²) >= 11 is 0. The zero-order chi connectivity index (χ0) is 29.6. The number of rotatable bonds is 7. The number of aromatic amines is 1. The minimum absolute atomic E-state index is 0.193. The zero-order valence-electron chi connectivity index (χ0n) is 24.4. The molecule has 0 bridgehead atoms. The summed E-state index contributed by atoms with van der Waals surface area (Å²) in [5.74, 6) is -0.716. The number of para-hydroxylation sites is 1. The topological polar surface area (TPSA) is 91.4 Å². The van der Waals surface area contributed by atoms with Gasteiger partial charge in [-0.25, -0.2) is 5.48 Å². The maximum Gasteiger partial charge on any atom is 0.302 e. The van der Waals surface area contributed by atoms with Gasteiger partial charge >= 0.3 is 5.97 Å². The Morgan fingerprint density at radius 1 is 0.900 bits per heavy atom. The van der Waals surface area contributed by atoms with Gasteiger partial charge in [-0.2, -0.15) is 0 Å². The third-order valence-corrected chi connectivity index (χ3v) is 5.57. The van der Waals surface area contributed by atoms with Crippen LogP contribution < -0.4 is 5.48 Å². The fourth-order valence-corrected chi connectivity index (χ4v) is 3.46. The number of hydroxylamine groups is 1. The first-order valence-electron chi connectivity index (χ1n) is 13.8. The largest absolute Gasteiger partial charge is 0.466 e. The third kappa shape index (κ3) is 14.7. The molecule has 0 saturated heterocycles. The molecule has 214 valence electrons. The summed E-state index contributed by atoms with van der Waals surface area (Å²) in [6.45, 7) is 10.3. The van der Waals surface area contributed by atoms with Crippen LogP contribution in [0.3, 0.4) is 0 Å². The molecule has 0 aliphatic heterocycles. The number of benzene rings is 3. The molecule has 0 saturated carbocycles. The number of hydrogen-bond donors (Lipinski definition) is 3. The van der Waals surface area contributed by atoms with Crippen molar-refractivity contribution in [3.63, 3.8) is 0 Å². The van der Waals surface area contributed by atoms with Gasteiger partial charge in [-0.1, -0.05) is 106 Å². The monoisotopic (exact) mass is 544 g/mol. The number of esters is 1. The summed E-state index contributed by atoms with van der Waals surface area (Å²) in [7, 11) is 0. The third-order valence-electron chi connectivity index (χ3n) is 5.57. The average Bonchev–Trinajstić information content (AvgIpc) is 3.39. The molecule has 4 aromatic rings. The second-order valence-corrected chi connectivity index (χ2v) is 9.01. The highest BCUT2D eigenvalue weighted by atomic mass is 16.5. The Hall–Kier alpha value is -4.16. The number of amides is 1. The number of carbonyl (C=O) groups excluding carboxylic acids is 2. The van der Waals surface area contributed by atoms with Crippen molar-refractivity contribution in [1.82, 2.24) is 10.5 Å². The summed E-state index contributed by atoms with van der Waals surface area (Å²) < 4.78 is 4.55. The lowest BCUT2D eigenvalue weighted by atomic mass is 10.1. The molecule has 6 heteroatoms. The molecule has 1 amide bonds. The Labute approximate surface area is 239 Å². The van der Waals surface area contributed by atoms with Gasteiger partial charge in [0.1, 0.15) is 0 Å². The van der Waals surface area contributed by atoms with E-state index in [4.69, 9.17) is 5.21 Å². The van der Waals surface area contributed by atoms with Crippen LogP contribution in [0.25, 0.3) is 17.0 Å². The average molecular weight is 545 g/mol. The normalized spacial score (nSPS) is 9.85. The predicted octanol–water partition coefficient (Wildman–Crippen LogP) is 7.84. The minimum atomic E-state index is -0.524. The number of aryl methyl sites for hydroxylation is 3. The van der Waals surface area contributed by atoms with E-state index in [0.717, 1.165) is 18.4 Å². The molecule has 4 rings (SSSR count). The Bertz CT molecular complexity index is 1260. The molecule has 0 atom stereocenters. The van der Waals surface area contributed by atoms with Gasteiger partial charge in [-0.05, 0) is 55.0 Å². The number of carbonyl (C=O) groups is 2. The molecule has 0 aliphatic rings. The molecule has 0 radical (unpaired) electrons. The van der Waals surface area contributed by atoms with Gasteiger partial charge in [0.2, 0.25) is 0 Å². The molecule has 1 aromatic heterocycles. The Morgan fingerprint density at radius 2 is 1.55 bits per heavy atom. The van der Waals surface area contributed by atoms with Gasteiger partial charge in [0.25, 0.3) is 5.91 Å². The Kier molecular flexibility index (Phi) is 17.6. The Morgan fingerprint density at radius 3 is 2.05 bits per heavy atom. The lowest BCUT2D eigenvalue weighted by Crippen LogP contribution is -2.14. The van der Waals surface area contributed by atoms with Crippen molar-refractivity contribution in [1.29, 1.82) is 0 Å². The summed E-state index contributed by atoms with van der Waals surface area (Å²) in [4.78, 5) is 23.9. The van der Waals surface area contributed by atoms with Crippen molar-refractivity contribution in [2.45, 2.75) is 60.3 Å². The van der Waals surface area contributed by atoms with E-state index in [1.807, 2.05) is 49.4 Å². The lowest BCUT2D eigenvalue weighted by molar-refractivity contribution is -0.140. The fourth-order valence-electron chi connectivity index (χ4n) is 3.46. The van der Waals surface area contributed by atoms with E-state index < -0.39 is 5.91 Å². The molecule has 0 fully saturated rings. The van der Waals surface area contributed by atoms with Gasteiger partial charge in [0, 0.05) is 30.1 Å². The van der Waals surface area contributed by atoms with E-state index in [1.54, 1.807) is 6.08 Å². The van der Waals surface area contributed by atoms with E-state index in [0.29, 0.717) is 6.61 Å². The maximum atomic E-state index is 10.7. The van der Waals surface area contributed by atoms with Crippen LogP contribution in [0.4, 0.5) is 0 Å². The van der Waals surface area contributed by atoms with Crippen LogP contribution in [0.1, 0.15) is 62.8 Å². The number of aromatic nitrogens is 1. The highest BCUT2D eigenvalue weighted by Gasteiger charge is 1.99. The van der Waals surface area contributed by atoms with Crippen LogP contribution in [0.5, 0.6) is 0 Å². The van der Waals surface area contributed by atoms with Crippen molar-refractivity contribution < 1.29 is 19.5 Å². The minimum Gasteiger partial charge on any atom is -0.466 e. The summed E-state index contributed by atoms with van der Waals surface area (Å²) in [5.41, 5.74) is 7.74. The van der Waals surface area contributed by atoms with E-state index in [1.165, 1.54) is 58.9 Å². The quantitative estimate of drug-likeness (QED) is 0.0956. The van der Waals surface area contributed by atoms with Gasteiger partial charge < -0.3 is 9.72 Å². The fraction of sp³-hybridized carbons (Fsp3) is 0.294. The summed E-state index contributed by atoms with van der Waals surface area (Å²) in [6.07, 6.45) is 9.33. The molecule has 6 nitrogen and oxygen atoms in total. The molecule has 3 aromatic carbocycles. The molecule has 0 spiro atoms. The molecule has 0 aliphatic carbocycles. The van der Waals surface area contributed by atoms with Crippen molar-refractivity contribution in [3.05, 3.63) is 113 Å². The highest BCUT2D eigenvalue weighted by Crippen LogP contribution is 2.18. The smallest absolute Gasteiger partial charge is 0.302 e. The first-order valence-corrected chi connectivity index (χ1v) is 13.8. The van der Waals surface area contributed by atoms with Gasteiger partial charge in [0.05, 0.1) is 6.61 Å². The van der Waals surface area contributed by atoms with E-state index in [-0.39, 0.29) is 5.97 Å². The van der Waals surface area contributed by atoms with Crippen LogP contribution in [0, 0.1) is 6.92 Å². The van der Waals surface area contributed by atoms with Gasteiger partial charge in [0.15, 0.2) is 0 Å². The van der Waals surface area contributed by atoms with E-state index in [9.17, 15) is 9.59 Å². The molecular weight excluding hydrogens is 500 g/mol. The SMILES string of the molecule is CCCOC(C)=O.CCCc1c[nH]c2ccccc12.CCc1ccc(/C=C/C(=O)NO)cc1.Cc1ccccc1. The maximum absolute atomic E-state index is 10.7. The number of nitrogens with one attached hydrogen (secondary N) is 2. The van der Waals surface area contributed by atoms with E-state index >= 15 is 0 Å². The van der Waals surface area contributed by atoms with Crippen molar-refractivity contribution >= 4 is 28.9 Å². The summed E-state index contributed by atoms with van der Waals surface area (Å²) in [6, 6.07) is 26.6. The van der Waals surface area contributed by atoms with Crippen molar-refractivity contribution in [2.75, 3.05) is 6.61 Å². The molecule has 1 heterocycles. The van der Waals surface area contributed by atoms with Crippen molar-refractivity contribution in [3.8, 4) is 0 Å². The number of hydrogen-bond acceptors (Lipinski definition) is 4. The first-order chi connectivity index (χ1) is 19.3. The van der Waals surface area contributed by atoms with Crippen LogP contribution in [0.2, 0.25) is 0 Å². The molecule has 3 N–H and O–H groups in total. The van der Waals surface area contributed by atoms with Gasteiger partial charge in [-0.3, -0.25) is 14.8 Å². The molecular formula is C34H44N2O4. The second kappa shape index (κ2) is 20.8. The van der Waals surface area contributed by atoms with Crippen molar-refractivity contribution in [2.24, 2.45) is 0 Å². The zero-order valence-corrected chi connectivity index (χ0v) is 24.4. The van der Waals surface area contributed by atoms with E-state index in [2.05, 4.69) is 73.1 Å².